The Balaban J connectivity index is 2.22. The molecule has 2 rings (SSSR count). The van der Waals surface area contributed by atoms with Gasteiger partial charge in [-0.1, -0.05) is 0 Å². The highest BCUT2D eigenvalue weighted by molar-refractivity contribution is 5.62. The average molecular weight is 223 g/mol. The summed E-state index contributed by atoms with van der Waals surface area (Å²) in [6.45, 7) is 1.20. The molecule has 0 aliphatic carbocycles. The van der Waals surface area contributed by atoms with Gasteiger partial charge in [0.25, 0.3) is 0 Å². The Bertz CT molecular complexity index is 373. The van der Waals surface area contributed by atoms with Crippen molar-refractivity contribution in [2.24, 2.45) is 5.73 Å². The Hall–Kier alpha value is -1.46. The van der Waals surface area contributed by atoms with Crippen molar-refractivity contribution in [2.45, 2.75) is 12.1 Å². The van der Waals surface area contributed by atoms with Crippen LogP contribution >= 0.6 is 0 Å². The standard InChI is InChI=1S/C11H17N3O2/c1-16-11-4-7(2-3-8(11)12)14-5-9(13)10(15)6-14/h2-4,9-10,15H,5-6,12-13H2,1H3. The zero-order valence-electron chi connectivity index (χ0n) is 9.26. The number of β-amino-alcohol motifs (C(OH)–C–C–N with tert-alkyl or cyclic N) is 1. The maximum atomic E-state index is 9.59. The largest absolute Gasteiger partial charge is 0.495 e. The summed E-state index contributed by atoms with van der Waals surface area (Å²) in [7, 11) is 1.58. The van der Waals surface area contributed by atoms with E-state index in [2.05, 4.69) is 0 Å². The molecular formula is C11H17N3O2. The first-order valence-electron chi connectivity index (χ1n) is 5.24. The van der Waals surface area contributed by atoms with Crippen LogP contribution in [0.1, 0.15) is 0 Å². The Morgan fingerprint density at radius 2 is 2.19 bits per heavy atom. The number of benzene rings is 1. The average Bonchev–Trinajstić information content (AvgIpc) is 2.60. The van der Waals surface area contributed by atoms with E-state index in [0.717, 1.165) is 5.69 Å². The molecule has 1 saturated heterocycles. The van der Waals surface area contributed by atoms with E-state index in [0.29, 0.717) is 24.5 Å². The van der Waals surface area contributed by atoms with Crippen LogP contribution in [0.4, 0.5) is 11.4 Å². The van der Waals surface area contributed by atoms with E-state index in [1.165, 1.54) is 0 Å². The molecule has 1 fully saturated rings. The third kappa shape index (κ3) is 1.91. The highest BCUT2D eigenvalue weighted by Gasteiger charge is 2.28. The second-order valence-electron chi connectivity index (χ2n) is 4.06. The van der Waals surface area contributed by atoms with E-state index in [-0.39, 0.29) is 6.04 Å². The molecule has 5 nitrogen and oxygen atoms in total. The van der Waals surface area contributed by atoms with Crippen LogP contribution in [-0.4, -0.2) is 37.5 Å². The molecule has 88 valence electrons. The molecule has 1 aliphatic heterocycles. The van der Waals surface area contributed by atoms with Crippen molar-refractivity contribution in [1.29, 1.82) is 0 Å². The number of ether oxygens (including phenoxy) is 1. The summed E-state index contributed by atoms with van der Waals surface area (Å²) < 4.78 is 5.15. The van der Waals surface area contributed by atoms with Crippen molar-refractivity contribution >= 4 is 11.4 Å². The van der Waals surface area contributed by atoms with Crippen molar-refractivity contribution in [2.75, 3.05) is 30.8 Å². The fraction of sp³-hybridized carbons (Fsp3) is 0.455. The number of nitrogens with zero attached hydrogens (tertiary/aromatic N) is 1. The first-order valence-corrected chi connectivity index (χ1v) is 5.24. The molecule has 0 aromatic heterocycles. The maximum absolute atomic E-state index is 9.59. The Kier molecular flexibility index (Phi) is 2.89. The van der Waals surface area contributed by atoms with Gasteiger partial charge in [0, 0.05) is 30.9 Å². The summed E-state index contributed by atoms with van der Waals surface area (Å²) in [6.07, 6.45) is -0.469. The summed E-state index contributed by atoms with van der Waals surface area (Å²) in [4.78, 5) is 2.03. The van der Waals surface area contributed by atoms with Crippen molar-refractivity contribution in [1.82, 2.24) is 0 Å². The molecule has 5 heteroatoms. The number of nitrogens with two attached hydrogens (primary N) is 2. The van der Waals surface area contributed by atoms with Gasteiger partial charge in [-0.25, -0.2) is 0 Å². The third-order valence-electron chi connectivity index (χ3n) is 2.92. The van der Waals surface area contributed by atoms with Crippen molar-refractivity contribution in [3.05, 3.63) is 18.2 Å². The molecular weight excluding hydrogens is 206 g/mol. The van der Waals surface area contributed by atoms with Gasteiger partial charge < -0.3 is 26.2 Å². The van der Waals surface area contributed by atoms with E-state index in [1.54, 1.807) is 13.2 Å². The molecule has 2 atom stereocenters. The first-order chi connectivity index (χ1) is 7.61. The van der Waals surface area contributed by atoms with E-state index in [1.807, 2.05) is 17.0 Å². The Labute approximate surface area is 94.6 Å². The molecule has 1 heterocycles. The number of anilines is 2. The minimum atomic E-state index is -0.469. The summed E-state index contributed by atoms with van der Waals surface area (Å²) in [5.74, 6) is 0.646. The van der Waals surface area contributed by atoms with E-state index >= 15 is 0 Å². The molecule has 0 bridgehead atoms. The van der Waals surface area contributed by atoms with Gasteiger partial charge >= 0.3 is 0 Å². The monoisotopic (exact) mass is 223 g/mol. The minimum absolute atomic E-state index is 0.191. The van der Waals surface area contributed by atoms with Crippen LogP contribution in [0.5, 0.6) is 5.75 Å². The lowest BCUT2D eigenvalue weighted by atomic mass is 10.2. The van der Waals surface area contributed by atoms with Gasteiger partial charge in [0.1, 0.15) is 5.75 Å². The molecule has 0 saturated carbocycles. The van der Waals surface area contributed by atoms with Crippen LogP contribution < -0.4 is 21.1 Å². The van der Waals surface area contributed by atoms with E-state index < -0.39 is 6.10 Å². The zero-order chi connectivity index (χ0) is 11.7. The lowest BCUT2D eigenvalue weighted by molar-refractivity contribution is 0.180. The van der Waals surface area contributed by atoms with Gasteiger partial charge in [-0.3, -0.25) is 0 Å². The van der Waals surface area contributed by atoms with Crippen molar-refractivity contribution < 1.29 is 9.84 Å². The normalized spacial score (nSPS) is 24.8. The van der Waals surface area contributed by atoms with Crippen molar-refractivity contribution in [3.8, 4) is 5.75 Å². The fourth-order valence-corrected chi connectivity index (χ4v) is 1.92. The van der Waals surface area contributed by atoms with E-state index in [4.69, 9.17) is 16.2 Å². The highest BCUT2D eigenvalue weighted by Crippen LogP contribution is 2.29. The molecule has 1 aromatic rings. The van der Waals surface area contributed by atoms with Gasteiger partial charge in [0.05, 0.1) is 18.9 Å². The van der Waals surface area contributed by atoms with E-state index in [9.17, 15) is 5.11 Å². The Morgan fingerprint density at radius 1 is 1.44 bits per heavy atom. The van der Waals surface area contributed by atoms with Crippen LogP contribution in [-0.2, 0) is 0 Å². The predicted octanol–water partition coefficient (Wildman–Crippen LogP) is -0.214. The Morgan fingerprint density at radius 3 is 2.75 bits per heavy atom. The van der Waals surface area contributed by atoms with Crippen LogP contribution in [0.15, 0.2) is 18.2 Å². The molecule has 0 spiro atoms. The molecule has 1 aliphatic rings. The van der Waals surface area contributed by atoms with Gasteiger partial charge in [-0.05, 0) is 12.1 Å². The second kappa shape index (κ2) is 4.19. The molecule has 0 radical (unpaired) electrons. The van der Waals surface area contributed by atoms with Gasteiger partial charge in [0.2, 0.25) is 0 Å². The smallest absolute Gasteiger partial charge is 0.143 e. The number of rotatable bonds is 2. The van der Waals surface area contributed by atoms with Gasteiger partial charge in [-0.15, -0.1) is 0 Å². The number of hydrogen-bond acceptors (Lipinski definition) is 5. The summed E-state index contributed by atoms with van der Waals surface area (Å²) >= 11 is 0. The van der Waals surface area contributed by atoms with Crippen LogP contribution in [0.3, 0.4) is 0 Å². The number of aliphatic hydroxyl groups excluding tert-OH is 1. The van der Waals surface area contributed by atoms with Crippen LogP contribution in [0.2, 0.25) is 0 Å². The fourth-order valence-electron chi connectivity index (χ4n) is 1.92. The maximum Gasteiger partial charge on any atom is 0.143 e. The molecule has 1 aromatic carbocycles. The van der Waals surface area contributed by atoms with Crippen LogP contribution in [0.25, 0.3) is 0 Å². The lowest BCUT2D eigenvalue weighted by Gasteiger charge is -2.19. The first kappa shape index (κ1) is 11.0. The molecule has 16 heavy (non-hydrogen) atoms. The highest BCUT2D eigenvalue weighted by atomic mass is 16.5. The zero-order valence-corrected chi connectivity index (χ0v) is 9.26. The quantitative estimate of drug-likeness (QED) is 0.604. The SMILES string of the molecule is COc1cc(N2CC(N)C(O)C2)ccc1N. The minimum Gasteiger partial charge on any atom is -0.495 e. The molecule has 0 amide bonds. The second-order valence-corrected chi connectivity index (χ2v) is 4.06. The summed E-state index contributed by atoms with van der Waals surface area (Å²) in [5, 5.41) is 9.59. The number of hydrogen-bond donors (Lipinski definition) is 3. The number of methoxy groups -OCH3 is 1. The predicted molar refractivity (Wildman–Crippen MR) is 63.6 cm³/mol. The summed E-state index contributed by atoms with van der Waals surface area (Å²) in [5.41, 5.74) is 13.1. The third-order valence-corrected chi connectivity index (χ3v) is 2.92. The van der Waals surface area contributed by atoms with Gasteiger partial charge in [0.15, 0.2) is 0 Å². The number of nitrogen functional groups attached to an aromatic ring is 1. The molecule has 2 unspecified atom stereocenters. The van der Waals surface area contributed by atoms with Crippen LogP contribution in [0, 0.1) is 0 Å². The van der Waals surface area contributed by atoms with Crippen molar-refractivity contribution in [3.63, 3.8) is 0 Å². The lowest BCUT2D eigenvalue weighted by Crippen LogP contribution is -2.32. The number of aliphatic hydroxyl groups is 1. The van der Waals surface area contributed by atoms with Gasteiger partial charge in [-0.2, -0.15) is 0 Å². The summed E-state index contributed by atoms with van der Waals surface area (Å²) in [6, 6.07) is 5.37. The topological polar surface area (TPSA) is 84.7 Å². The molecule has 5 N–H and O–H groups in total.